The van der Waals surface area contributed by atoms with E-state index in [-0.39, 0.29) is 24.3 Å². The molecule has 2 fully saturated rings. The van der Waals surface area contributed by atoms with Gasteiger partial charge in [-0.3, -0.25) is 14.4 Å². The lowest BCUT2D eigenvalue weighted by atomic mass is 9.94. The number of likely N-dealkylation sites (tertiary alicyclic amines) is 1. The van der Waals surface area contributed by atoms with E-state index in [4.69, 9.17) is 10.5 Å². The van der Waals surface area contributed by atoms with Crippen LogP contribution in [0.15, 0.2) is 0 Å². The zero-order chi connectivity index (χ0) is 15.6. The lowest BCUT2D eigenvalue weighted by Crippen LogP contribution is -2.59. The highest BCUT2D eigenvalue weighted by Gasteiger charge is 2.41. The predicted molar refractivity (Wildman–Crippen MR) is 75.1 cm³/mol. The number of morpholine rings is 1. The fourth-order valence-electron chi connectivity index (χ4n) is 2.91. The molecule has 0 aromatic rings. The molecule has 0 aliphatic carbocycles. The molecule has 0 aromatic carbocycles. The molecule has 0 bridgehead atoms. The van der Waals surface area contributed by atoms with Crippen molar-refractivity contribution in [1.82, 2.24) is 9.80 Å². The van der Waals surface area contributed by atoms with Crippen LogP contribution in [0.2, 0.25) is 0 Å². The Balaban J connectivity index is 1.95. The monoisotopic (exact) mass is 297 g/mol. The van der Waals surface area contributed by atoms with Gasteiger partial charge in [-0.25, -0.2) is 0 Å². The first-order valence-corrected chi connectivity index (χ1v) is 7.31. The first kappa shape index (κ1) is 15.8. The van der Waals surface area contributed by atoms with E-state index in [1.807, 2.05) is 0 Å². The van der Waals surface area contributed by atoms with E-state index >= 15 is 0 Å². The van der Waals surface area contributed by atoms with Crippen molar-refractivity contribution in [2.24, 2.45) is 11.7 Å². The SMILES string of the molecule is CC(=O)N1CCC(C(=O)N2CCOC(C)(C(N)=O)C2)CC1. The molecule has 21 heavy (non-hydrogen) atoms. The zero-order valence-electron chi connectivity index (χ0n) is 12.6. The van der Waals surface area contributed by atoms with Crippen LogP contribution >= 0.6 is 0 Å². The number of ether oxygens (including phenoxy) is 1. The molecule has 0 saturated carbocycles. The van der Waals surface area contributed by atoms with Gasteiger partial charge in [0.05, 0.1) is 13.2 Å². The average molecular weight is 297 g/mol. The van der Waals surface area contributed by atoms with Gasteiger partial charge in [-0.1, -0.05) is 0 Å². The fourth-order valence-corrected chi connectivity index (χ4v) is 2.91. The molecule has 1 unspecified atom stereocenters. The Bertz CT molecular complexity index is 446. The molecule has 0 radical (unpaired) electrons. The number of hydrogen-bond acceptors (Lipinski definition) is 4. The Hall–Kier alpha value is -1.63. The average Bonchev–Trinajstić information content (AvgIpc) is 2.46. The molecule has 7 heteroatoms. The van der Waals surface area contributed by atoms with E-state index in [0.29, 0.717) is 39.1 Å². The molecular formula is C14H23N3O4. The third kappa shape index (κ3) is 3.34. The number of carbonyl (C=O) groups is 3. The summed E-state index contributed by atoms with van der Waals surface area (Å²) in [6, 6.07) is 0. The topological polar surface area (TPSA) is 92.9 Å². The van der Waals surface area contributed by atoms with Crippen LogP contribution in [0.4, 0.5) is 0 Å². The molecule has 118 valence electrons. The lowest BCUT2D eigenvalue weighted by molar-refractivity contribution is -0.163. The van der Waals surface area contributed by atoms with Gasteiger partial charge < -0.3 is 20.3 Å². The normalized spacial score (nSPS) is 27.5. The largest absolute Gasteiger partial charge is 0.367 e. The quantitative estimate of drug-likeness (QED) is 0.733. The maximum atomic E-state index is 12.6. The van der Waals surface area contributed by atoms with Crippen molar-refractivity contribution in [1.29, 1.82) is 0 Å². The molecule has 2 aliphatic rings. The number of hydrogen-bond donors (Lipinski definition) is 1. The number of piperidine rings is 1. The van der Waals surface area contributed by atoms with Crippen molar-refractivity contribution in [2.45, 2.75) is 32.3 Å². The number of rotatable bonds is 2. The Labute approximate surface area is 124 Å². The molecule has 2 aliphatic heterocycles. The second-order valence-corrected chi connectivity index (χ2v) is 5.98. The molecule has 3 amide bonds. The molecule has 0 spiro atoms. The Kier molecular flexibility index (Phi) is 4.51. The molecule has 2 rings (SSSR count). The molecule has 7 nitrogen and oxygen atoms in total. The number of amides is 3. The van der Waals surface area contributed by atoms with Crippen molar-refractivity contribution < 1.29 is 19.1 Å². The third-order valence-corrected chi connectivity index (χ3v) is 4.40. The first-order chi connectivity index (χ1) is 9.83. The highest BCUT2D eigenvalue weighted by Crippen LogP contribution is 2.23. The van der Waals surface area contributed by atoms with Gasteiger partial charge in [0.25, 0.3) is 5.91 Å². The number of nitrogens with two attached hydrogens (primary N) is 1. The molecule has 1 atom stereocenters. The van der Waals surface area contributed by atoms with Crippen LogP contribution in [-0.4, -0.2) is 65.9 Å². The first-order valence-electron chi connectivity index (χ1n) is 7.31. The van der Waals surface area contributed by atoms with Crippen LogP contribution in [0.25, 0.3) is 0 Å². The van der Waals surface area contributed by atoms with Crippen LogP contribution < -0.4 is 5.73 Å². The van der Waals surface area contributed by atoms with E-state index in [0.717, 1.165) is 0 Å². The van der Waals surface area contributed by atoms with E-state index < -0.39 is 11.5 Å². The van der Waals surface area contributed by atoms with Gasteiger partial charge in [0.2, 0.25) is 11.8 Å². The van der Waals surface area contributed by atoms with Crippen LogP contribution in [0, 0.1) is 5.92 Å². The minimum absolute atomic E-state index is 0.0361. The van der Waals surface area contributed by atoms with Crippen molar-refractivity contribution in [3.8, 4) is 0 Å². The summed E-state index contributed by atoms with van der Waals surface area (Å²) in [5.41, 5.74) is 4.24. The Morgan fingerprint density at radius 3 is 2.29 bits per heavy atom. The molecular weight excluding hydrogens is 274 g/mol. The molecule has 2 heterocycles. The van der Waals surface area contributed by atoms with Gasteiger partial charge in [-0.15, -0.1) is 0 Å². The van der Waals surface area contributed by atoms with Crippen LogP contribution in [0.5, 0.6) is 0 Å². The van der Waals surface area contributed by atoms with Crippen molar-refractivity contribution in [2.75, 3.05) is 32.8 Å². The van der Waals surface area contributed by atoms with Crippen molar-refractivity contribution in [3.63, 3.8) is 0 Å². The maximum absolute atomic E-state index is 12.6. The van der Waals surface area contributed by atoms with Crippen molar-refractivity contribution in [3.05, 3.63) is 0 Å². The second kappa shape index (κ2) is 6.01. The zero-order valence-corrected chi connectivity index (χ0v) is 12.6. The van der Waals surface area contributed by atoms with Gasteiger partial charge in [0.1, 0.15) is 0 Å². The summed E-state index contributed by atoms with van der Waals surface area (Å²) in [6.45, 7) is 5.39. The van der Waals surface area contributed by atoms with E-state index in [9.17, 15) is 14.4 Å². The predicted octanol–water partition coefficient (Wildman–Crippen LogP) is -0.652. The standard InChI is InChI=1S/C14H23N3O4/c1-10(18)16-5-3-11(4-6-16)12(19)17-7-8-21-14(2,9-17)13(15)20/h11H,3-9H2,1-2H3,(H2,15,20). The summed E-state index contributed by atoms with van der Waals surface area (Å²) < 4.78 is 5.42. The summed E-state index contributed by atoms with van der Waals surface area (Å²) in [6.07, 6.45) is 1.34. The van der Waals surface area contributed by atoms with E-state index in [2.05, 4.69) is 0 Å². The van der Waals surface area contributed by atoms with Gasteiger partial charge >= 0.3 is 0 Å². The fraction of sp³-hybridized carbons (Fsp3) is 0.786. The summed E-state index contributed by atoms with van der Waals surface area (Å²) in [7, 11) is 0. The van der Waals surface area contributed by atoms with Crippen LogP contribution in [-0.2, 0) is 19.1 Å². The van der Waals surface area contributed by atoms with Crippen molar-refractivity contribution >= 4 is 17.7 Å². The number of carbonyl (C=O) groups excluding carboxylic acids is 3. The maximum Gasteiger partial charge on any atom is 0.251 e. The molecule has 2 N–H and O–H groups in total. The number of nitrogens with zero attached hydrogens (tertiary/aromatic N) is 2. The second-order valence-electron chi connectivity index (χ2n) is 5.98. The van der Waals surface area contributed by atoms with Crippen LogP contribution in [0.3, 0.4) is 0 Å². The highest BCUT2D eigenvalue weighted by molar-refractivity contribution is 5.85. The van der Waals surface area contributed by atoms with Gasteiger partial charge in [0, 0.05) is 32.5 Å². The lowest BCUT2D eigenvalue weighted by Gasteiger charge is -2.40. The van der Waals surface area contributed by atoms with Gasteiger partial charge in [-0.2, -0.15) is 0 Å². The van der Waals surface area contributed by atoms with Gasteiger partial charge in [0.15, 0.2) is 5.60 Å². The molecule has 0 aromatic heterocycles. The van der Waals surface area contributed by atoms with Crippen LogP contribution in [0.1, 0.15) is 26.7 Å². The van der Waals surface area contributed by atoms with E-state index in [1.165, 1.54) is 0 Å². The Morgan fingerprint density at radius 1 is 1.14 bits per heavy atom. The molecule has 2 saturated heterocycles. The minimum Gasteiger partial charge on any atom is -0.367 e. The summed E-state index contributed by atoms with van der Waals surface area (Å²) >= 11 is 0. The smallest absolute Gasteiger partial charge is 0.251 e. The summed E-state index contributed by atoms with van der Waals surface area (Å²) in [5.74, 6) is -0.551. The third-order valence-electron chi connectivity index (χ3n) is 4.40. The minimum atomic E-state index is -1.10. The number of primary amides is 1. The highest BCUT2D eigenvalue weighted by atomic mass is 16.5. The van der Waals surface area contributed by atoms with E-state index in [1.54, 1.807) is 23.6 Å². The van der Waals surface area contributed by atoms with Gasteiger partial charge in [-0.05, 0) is 19.8 Å². The summed E-state index contributed by atoms with van der Waals surface area (Å²) in [5, 5.41) is 0. The summed E-state index contributed by atoms with van der Waals surface area (Å²) in [4.78, 5) is 38.7. The Morgan fingerprint density at radius 2 is 1.76 bits per heavy atom.